The van der Waals surface area contributed by atoms with Gasteiger partial charge in [-0.3, -0.25) is 14.7 Å². The molecule has 3 aromatic carbocycles. The Balaban J connectivity index is 1.43. The molecular weight excluding hydrogens is 418 g/mol. The van der Waals surface area contributed by atoms with Crippen LogP contribution in [-0.4, -0.2) is 45.7 Å². The minimum atomic E-state index is -1.09. The monoisotopic (exact) mass is 439 g/mol. The number of primary amides is 1. The Morgan fingerprint density at radius 1 is 1.12 bits per heavy atom. The molecule has 0 aliphatic carbocycles. The number of nitrogens with zero attached hydrogens (tertiary/aromatic N) is 2. The fraction of sp³-hybridized carbons (Fsp3) is 0.160. The molecule has 1 unspecified atom stereocenters. The van der Waals surface area contributed by atoms with Crippen molar-refractivity contribution in [2.75, 3.05) is 18.9 Å². The fourth-order valence-electron chi connectivity index (χ4n) is 4.61. The number of rotatable bonds is 5. The average Bonchev–Trinajstić information content (AvgIpc) is 3.37. The van der Waals surface area contributed by atoms with Gasteiger partial charge in [0, 0.05) is 23.2 Å². The lowest BCUT2D eigenvalue weighted by Gasteiger charge is -2.19. The number of fused-ring (bicyclic) bond motifs is 2. The van der Waals surface area contributed by atoms with Crippen molar-refractivity contribution in [2.24, 2.45) is 5.73 Å². The van der Waals surface area contributed by atoms with E-state index in [1.807, 2.05) is 48.5 Å². The number of nitrogens with one attached hydrogen (secondary N) is 1. The molecule has 2 aliphatic heterocycles. The minimum absolute atomic E-state index is 0.119. The van der Waals surface area contributed by atoms with E-state index >= 15 is 0 Å². The Morgan fingerprint density at radius 2 is 1.91 bits per heavy atom. The molecule has 1 aromatic heterocycles. The summed E-state index contributed by atoms with van der Waals surface area (Å²) in [6.07, 6.45) is 0. The Hall–Kier alpha value is -4.17. The van der Waals surface area contributed by atoms with Crippen LogP contribution in [0.2, 0.25) is 0 Å². The molecule has 3 heterocycles. The fourth-order valence-corrected chi connectivity index (χ4v) is 4.61. The summed E-state index contributed by atoms with van der Waals surface area (Å²) in [5, 5.41) is 8.59. The van der Waals surface area contributed by atoms with Crippen LogP contribution >= 0.6 is 0 Å². The molecule has 1 saturated heterocycles. The molecule has 8 nitrogen and oxygen atoms in total. The molecule has 0 radical (unpaired) electrons. The van der Waals surface area contributed by atoms with Gasteiger partial charge in [-0.05, 0) is 34.9 Å². The van der Waals surface area contributed by atoms with Crippen molar-refractivity contribution in [1.29, 1.82) is 0 Å². The van der Waals surface area contributed by atoms with Crippen LogP contribution in [-0.2, 0) is 16.1 Å². The number of benzene rings is 3. The van der Waals surface area contributed by atoms with Crippen molar-refractivity contribution in [3.05, 3.63) is 71.8 Å². The van der Waals surface area contributed by atoms with E-state index in [1.165, 1.54) is 0 Å². The number of carbonyl (C=O) groups excluding carboxylic acids is 2. The summed E-state index contributed by atoms with van der Waals surface area (Å²) in [4.78, 5) is 26.5. The zero-order valence-electron chi connectivity index (χ0n) is 17.7. The summed E-state index contributed by atoms with van der Waals surface area (Å²) in [7, 11) is 0. The number of nitrogens with two attached hydrogens (primary N) is 2. The number of aromatic nitrogens is 2. The normalized spacial score (nSPS) is 19.2. The minimum Gasteiger partial charge on any atom is -0.398 e. The number of hydrogen-bond acceptors (Lipinski definition) is 5. The van der Waals surface area contributed by atoms with Crippen molar-refractivity contribution in [3.8, 4) is 22.4 Å². The van der Waals surface area contributed by atoms with Crippen LogP contribution in [0.4, 0.5) is 5.69 Å². The van der Waals surface area contributed by atoms with Crippen molar-refractivity contribution >= 4 is 28.4 Å². The van der Waals surface area contributed by atoms with E-state index in [0.29, 0.717) is 17.8 Å². The number of H-pyrrole nitrogens is 1. The summed E-state index contributed by atoms with van der Waals surface area (Å²) in [5.74, 6) is -0.770. The highest BCUT2D eigenvalue weighted by Crippen LogP contribution is 2.39. The van der Waals surface area contributed by atoms with Gasteiger partial charge in [-0.15, -0.1) is 0 Å². The smallest absolute Gasteiger partial charge is 0.256 e. The van der Waals surface area contributed by atoms with Crippen molar-refractivity contribution in [2.45, 2.75) is 12.1 Å². The average molecular weight is 439 g/mol. The van der Waals surface area contributed by atoms with Crippen molar-refractivity contribution in [1.82, 2.24) is 15.1 Å². The van der Waals surface area contributed by atoms with Gasteiger partial charge in [0.05, 0.1) is 29.9 Å². The first-order valence-electron chi connectivity index (χ1n) is 10.7. The molecule has 4 aromatic rings. The number of hydrogen-bond donors (Lipinski definition) is 3. The van der Waals surface area contributed by atoms with Crippen LogP contribution in [0.5, 0.6) is 0 Å². The summed E-state index contributed by atoms with van der Waals surface area (Å²) >= 11 is 0. The Kier molecular flexibility index (Phi) is 4.09. The van der Waals surface area contributed by atoms with Crippen LogP contribution in [0, 0.1) is 0 Å². The van der Waals surface area contributed by atoms with E-state index in [-0.39, 0.29) is 19.1 Å². The standard InChI is InChI=1S/C25H21N5O3/c26-19-8-7-16(18-11-30(23(31)21(18)19)12-25(13-33-25)24(27)32)15-6-9-20-17(10-15)22(29-28-20)14-4-2-1-3-5-14/h1-10H,11-13,26H2,(H2,27,32)(H,28,29). The molecule has 0 spiro atoms. The van der Waals surface area contributed by atoms with E-state index < -0.39 is 11.5 Å². The first-order valence-corrected chi connectivity index (χ1v) is 10.7. The van der Waals surface area contributed by atoms with Gasteiger partial charge in [0.15, 0.2) is 5.60 Å². The second kappa shape index (κ2) is 6.91. The molecule has 1 fully saturated rings. The number of carbonyl (C=O) groups is 2. The molecule has 8 heteroatoms. The van der Waals surface area contributed by atoms with Gasteiger partial charge < -0.3 is 21.1 Å². The lowest BCUT2D eigenvalue weighted by atomic mass is 9.94. The van der Waals surface area contributed by atoms with Crippen molar-refractivity contribution < 1.29 is 14.3 Å². The SMILES string of the molecule is NC(=O)C1(CN2Cc3c(-c4ccc5[nH]nc(-c6ccccc6)c5c4)ccc(N)c3C2=O)CO1. The second-order valence-corrected chi connectivity index (χ2v) is 8.56. The van der Waals surface area contributed by atoms with Gasteiger partial charge in [-0.2, -0.15) is 5.10 Å². The molecule has 2 aliphatic rings. The number of aromatic amines is 1. The molecule has 164 valence electrons. The predicted molar refractivity (Wildman–Crippen MR) is 124 cm³/mol. The summed E-state index contributed by atoms with van der Waals surface area (Å²) in [6.45, 7) is 0.680. The van der Waals surface area contributed by atoms with Gasteiger partial charge in [-0.1, -0.05) is 42.5 Å². The molecule has 2 amide bonds. The van der Waals surface area contributed by atoms with Crippen LogP contribution < -0.4 is 11.5 Å². The lowest BCUT2D eigenvalue weighted by molar-refractivity contribution is -0.123. The number of ether oxygens (including phenoxy) is 1. The van der Waals surface area contributed by atoms with Crippen LogP contribution in [0.3, 0.4) is 0 Å². The largest absolute Gasteiger partial charge is 0.398 e. The Labute approximate surface area is 189 Å². The summed E-state index contributed by atoms with van der Waals surface area (Å²) in [6, 6.07) is 19.7. The number of epoxide rings is 1. The Morgan fingerprint density at radius 3 is 2.64 bits per heavy atom. The van der Waals surface area contributed by atoms with Crippen LogP contribution in [0.15, 0.2) is 60.7 Å². The van der Waals surface area contributed by atoms with Crippen LogP contribution in [0.25, 0.3) is 33.3 Å². The van der Waals surface area contributed by atoms with Gasteiger partial charge in [0.2, 0.25) is 0 Å². The molecular formula is C25H21N5O3. The van der Waals surface area contributed by atoms with E-state index in [0.717, 1.165) is 38.9 Å². The molecule has 6 rings (SSSR count). The molecule has 5 N–H and O–H groups in total. The highest BCUT2D eigenvalue weighted by Gasteiger charge is 2.53. The molecule has 1 atom stereocenters. The second-order valence-electron chi connectivity index (χ2n) is 8.56. The van der Waals surface area contributed by atoms with Gasteiger partial charge in [0.25, 0.3) is 11.8 Å². The Bertz CT molecular complexity index is 1440. The molecule has 0 saturated carbocycles. The third-order valence-corrected chi connectivity index (χ3v) is 6.50. The zero-order chi connectivity index (χ0) is 22.7. The summed E-state index contributed by atoms with van der Waals surface area (Å²) < 4.78 is 5.30. The van der Waals surface area contributed by atoms with Crippen molar-refractivity contribution in [3.63, 3.8) is 0 Å². The van der Waals surface area contributed by atoms with E-state index in [9.17, 15) is 9.59 Å². The molecule has 0 bridgehead atoms. The maximum atomic E-state index is 13.2. The third-order valence-electron chi connectivity index (χ3n) is 6.50. The van der Waals surface area contributed by atoms with E-state index in [1.54, 1.807) is 11.0 Å². The van der Waals surface area contributed by atoms with E-state index in [2.05, 4.69) is 16.3 Å². The molecule has 33 heavy (non-hydrogen) atoms. The number of anilines is 1. The number of nitrogen functional groups attached to an aromatic ring is 1. The predicted octanol–water partition coefficient (Wildman–Crippen LogP) is 2.69. The maximum Gasteiger partial charge on any atom is 0.256 e. The topological polar surface area (TPSA) is 131 Å². The van der Waals surface area contributed by atoms with Gasteiger partial charge in [-0.25, -0.2) is 0 Å². The first kappa shape index (κ1) is 19.5. The number of amides is 2. The zero-order valence-corrected chi connectivity index (χ0v) is 17.7. The quantitative estimate of drug-likeness (QED) is 0.325. The third kappa shape index (κ3) is 2.99. The summed E-state index contributed by atoms with van der Waals surface area (Å²) in [5.41, 5.74) is 17.0. The first-order chi connectivity index (χ1) is 16.0. The highest BCUT2D eigenvalue weighted by atomic mass is 16.6. The maximum absolute atomic E-state index is 13.2. The van der Waals surface area contributed by atoms with Gasteiger partial charge >= 0.3 is 0 Å². The van der Waals surface area contributed by atoms with Gasteiger partial charge in [0.1, 0.15) is 0 Å². The lowest BCUT2D eigenvalue weighted by Crippen LogP contribution is -2.43. The van der Waals surface area contributed by atoms with Crippen LogP contribution in [0.1, 0.15) is 15.9 Å². The highest BCUT2D eigenvalue weighted by molar-refractivity contribution is 6.06. The van der Waals surface area contributed by atoms with E-state index in [4.69, 9.17) is 16.2 Å².